The SMILES string of the molecule is Nc1ncnn2cc(C(=O)NCCN3CCCC3)c(-c3ccc(NC(=O)Nc4cc(C(F)(F)F)ccc4F)cc3)c12. The Balaban J connectivity index is 1.34. The Morgan fingerprint density at radius 2 is 1.76 bits per heavy atom. The van der Waals surface area contributed by atoms with E-state index in [1.807, 2.05) is 0 Å². The Bertz CT molecular complexity index is 1580. The summed E-state index contributed by atoms with van der Waals surface area (Å²) in [6, 6.07) is 7.09. The summed E-state index contributed by atoms with van der Waals surface area (Å²) < 4.78 is 54.4. The number of carbonyl (C=O) groups is 2. The van der Waals surface area contributed by atoms with Gasteiger partial charge in [-0.05, 0) is 61.8 Å². The van der Waals surface area contributed by atoms with Crippen LogP contribution in [0.2, 0.25) is 0 Å². The van der Waals surface area contributed by atoms with Crippen molar-refractivity contribution in [1.29, 1.82) is 0 Å². The summed E-state index contributed by atoms with van der Waals surface area (Å²) in [5.41, 5.74) is 6.50. The molecule has 0 bridgehead atoms. The van der Waals surface area contributed by atoms with Crippen LogP contribution >= 0.6 is 0 Å². The molecule has 2 aromatic carbocycles. The molecule has 0 saturated carbocycles. The van der Waals surface area contributed by atoms with E-state index >= 15 is 0 Å². The Hall–Kier alpha value is -4.72. The second-order valence-corrected chi connectivity index (χ2v) is 9.51. The number of benzene rings is 2. The monoisotopic (exact) mass is 570 g/mol. The van der Waals surface area contributed by atoms with Crippen LogP contribution in [-0.4, -0.2) is 57.6 Å². The number of rotatable bonds is 7. The van der Waals surface area contributed by atoms with Crippen molar-refractivity contribution in [3.8, 4) is 11.1 Å². The van der Waals surface area contributed by atoms with Crippen LogP contribution in [-0.2, 0) is 6.18 Å². The number of likely N-dealkylation sites (tertiary alicyclic amines) is 1. The predicted octanol–water partition coefficient (Wildman–Crippen LogP) is 4.61. The van der Waals surface area contributed by atoms with Crippen LogP contribution in [0.25, 0.3) is 16.6 Å². The average molecular weight is 571 g/mol. The second kappa shape index (κ2) is 11.4. The molecule has 0 aliphatic carbocycles. The summed E-state index contributed by atoms with van der Waals surface area (Å²) in [5, 5.41) is 11.7. The normalized spacial score (nSPS) is 13.9. The van der Waals surface area contributed by atoms with Gasteiger partial charge in [-0.3, -0.25) is 4.79 Å². The molecule has 1 saturated heterocycles. The third kappa shape index (κ3) is 6.22. The molecular weight excluding hydrogens is 544 g/mol. The van der Waals surface area contributed by atoms with Crippen LogP contribution in [0.15, 0.2) is 55.0 Å². The van der Waals surface area contributed by atoms with Gasteiger partial charge in [0.2, 0.25) is 0 Å². The van der Waals surface area contributed by atoms with E-state index in [9.17, 15) is 27.2 Å². The number of fused-ring (bicyclic) bond motifs is 1. The van der Waals surface area contributed by atoms with Crippen LogP contribution in [0.5, 0.6) is 0 Å². The van der Waals surface area contributed by atoms with Crippen molar-refractivity contribution in [2.45, 2.75) is 19.0 Å². The van der Waals surface area contributed by atoms with Crippen LogP contribution in [0.3, 0.4) is 0 Å². The first-order chi connectivity index (χ1) is 19.6. The van der Waals surface area contributed by atoms with Gasteiger partial charge in [0, 0.05) is 30.5 Å². The first kappa shape index (κ1) is 27.8. The van der Waals surface area contributed by atoms with Crippen molar-refractivity contribution in [2.24, 2.45) is 0 Å². The van der Waals surface area contributed by atoms with Gasteiger partial charge in [0.1, 0.15) is 17.7 Å². The van der Waals surface area contributed by atoms with Crippen molar-refractivity contribution in [1.82, 2.24) is 24.8 Å². The molecule has 3 heterocycles. The minimum Gasteiger partial charge on any atom is -0.382 e. The number of hydrogen-bond donors (Lipinski definition) is 4. The zero-order chi connectivity index (χ0) is 29.1. The van der Waals surface area contributed by atoms with Crippen LogP contribution in [0.4, 0.5) is 39.5 Å². The molecule has 3 amide bonds. The van der Waals surface area contributed by atoms with Crippen molar-refractivity contribution >= 4 is 34.6 Å². The maximum atomic E-state index is 14.0. The molecule has 41 heavy (non-hydrogen) atoms. The third-order valence-electron chi connectivity index (χ3n) is 6.73. The molecule has 4 aromatic rings. The van der Waals surface area contributed by atoms with Crippen LogP contribution in [0.1, 0.15) is 28.8 Å². The van der Waals surface area contributed by atoms with Gasteiger partial charge in [0.05, 0.1) is 16.8 Å². The van der Waals surface area contributed by atoms with Gasteiger partial charge in [-0.25, -0.2) is 18.7 Å². The first-order valence-corrected chi connectivity index (χ1v) is 12.8. The number of urea groups is 1. The summed E-state index contributed by atoms with van der Waals surface area (Å²) in [7, 11) is 0. The number of alkyl halides is 3. The van der Waals surface area contributed by atoms with E-state index in [1.165, 1.54) is 23.0 Å². The lowest BCUT2D eigenvalue weighted by molar-refractivity contribution is -0.137. The van der Waals surface area contributed by atoms with E-state index in [1.54, 1.807) is 18.3 Å². The smallest absolute Gasteiger partial charge is 0.382 e. The highest BCUT2D eigenvalue weighted by Gasteiger charge is 2.31. The molecule has 1 aliphatic rings. The number of halogens is 4. The van der Waals surface area contributed by atoms with Gasteiger partial charge >= 0.3 is 12.2 Å². The maximum Gasteiger partial charge on any atom is 0.416 e. The molecule has 10 nitrogen and oxygen atoms in total. The van der Waals surface area contributed by atoms with Crippen molar-refractivity contribution < 1.29 is 27.2 Å². The molecule has 14 heteroatoms. The summed E-state index contributed by atoms with van der Waals surface area (Å²) in [6.07, 6.45) is 0.444. The number of nitrogens with two attached hydrogens (primary N) is 1. The number of anilines is 3. The van der Waals surface area contributed by atoms with E-state index in [0.717, 1.165) is 32.5 Å². The number of carbonyl (C=O) groups excluding carboxylic acids is 2. The molecule has 0 atom stereocenters. The molecule has 0 radical (unpaired) electrons. The van der Waals surface area contributed by atoms with Gasteiger partial charge in [-0.1, -0.05) is 12.1 Å². The first-order valence-electron chi connectivity index (χ1n) is 12.8. The fraction of sp³-hybridized carbons (Fsp3) is 0.259. The number of aromatic nitrogens is 3. The molecule has 0 unspecified atom stereocenters. The molecule has 0 spiro atoms. The van der Waals surface area contributed by atoms with Gasteiger partial charge in [-0.15, -0.1) is 0 Å². The van der Waals surface area contributed by atoms with E-state index in [-0.39, 0.29) is 17.4 Å². The van der Waals surface area contributed by atoms with E-state index in [0.29, 0.717) is 47.0 Å². The molecule has 214 valence electrons. The Labute approximate surface area is 231 Å². The van der Waals surface area contributed by atoms with Crippen molar-refractivity contribution in [2.75, 3.05) is 42.5 Å². The Morgan fingerprint density at radius 1 is 1.02 bits per heavy atom. The minimum absolute atomic E-state index is 0.163. The molecule has 2 aromatic heterocycles. The fourth-order valence-electron chi connectivity index (χ4n) is 4.73. The topological polar surface area (TPSA) is 130 Å². The molecule has 1 aliphatic heterocycles. The molecular formula is C27H26F4N8O2. The highest BCUT2D eigenvalue weighted by atomic mass is 19.4. The number of hydrogen-bond acceptors (Lipinski definition) is 6. The van der Waals surface area contributed by atoms with E-state index < -0.39 is 29.3 Å². The number of amides is 3. The van der Waals surface area contributed by atoms with Crippen molar-refractivity contribution in [3.63, 3.8) is 0 Å². The predicted molar refractivity (Wildman–Crippen MR) is 145 cm³/mol. The lowest BCUT2D eigenvalue weighted by Crippen LogP contribution is -2.33. The maximum absolute atomic E-state index is 14.0. The van der Waals surface area contributed by atoms with Crippen molar-refractivity contribution in [3.05, 3.63) is 71.9 Å². The Kier molecular flexibility index (Phi) is 7.75. The highest BCUT2D eigenvalue weighted by Crippen LogP contribution is 2.34. The molecule has 5 rings (SSSR count). The van der Waals surface area contributed by atoms with Gasteiger partial charge < -0.3 is 26.6 Å². The Morgan fingerprint density at radius 3 is 2.46 bits per heavy atom. The highest BCUT2D eigenvalue weighted by molar-refractivity contribution is 6.07. The van der Waals surface area contributed by atoms with E-state index in [4.69, 9.17) is 5.73 Å². The largest absolute Gasteiger partial charge is 0.416 e. The number of nitrogen functional groups attached to an aromatic ring is 1. The van der Waals surface area contributed by atoms with Gasteiger partial charge in [0.15, 0.2) is 5.82 Å². The van der Waals surface area contributed by atoms with E-state index in [2.05, 4.69) is 30.9 Å². The summed E-state index contributed by atoms with van der Waals surface area (Å²) in [6.45, 7) is 3.23. The summed E-state index contributed by atoms with van der Waals surface area (Å²) in [4.78, 5) is 31.9. The quantitative estimate of drug-likeness (QED) is 0.240. The lowest BCUT2D eigenvalue weighted by Gasteiger charge is -2.15. The molecule has 1 fully saturated rings. The fourth-order valence-corrected chi connectivity index (χ4v) is 4.73. The van der Waals surface area contributed by atoms with Gasteiger partial charge in [0.25, 0.3) is 5.91 Å². The zero-order valence-corrected chi connectivity index (χ0v) is 21.6. The molecule has 5 N–H and O–H groups in total. The third-order valence-corrected chi connectivity index (χ3v) is 6.73. The average Bonchev–Trinajstić information content (AvgIpc) is 3.58. The summed E-state index contributed by atoms with van der Waals surface area (Å²) >= 11 is 0. The second-order valence-electron chi connectivity index (χ2n) is 9.51. The van der Waals surface area contributed by atoms with Crippen LogP contribution < -0.4 is 21.7 Å². The van der Waals surface area contributed by atoms with Crippen LogP contribution in [0, 0.1) is 5.82 Å². The number of nitrogens with zero attached hydrogens (tertiary/aromatic N) is 4. The zero-order valence-electron chi connectivity index (χ0n) is 21.6. The minimum atomic E-state index is -4.70. The standard InChI is InChI=1S/C27H26F4N8O2/c28-20-8-5-17(27(29,30)31)13-21(20)37-26(41)36-18-6-3-16(4-7-18)22-19(14-39-23(22)24(32)34-15-35-39)25(40)33-9-12-38-10-1-2-11-38/h3-8,13-15H,1-2,9-12H2,(H,33,40)(H2,32,34,35)(H2,36,37,41). The lowest BCUT2D eigenvalue weighted by atomic mass is 10.0. The summed E-state index contributed by atoms with van der Waals surface area (Å²) in [5.74, 6) is -1.17. The van der Waals surface area contributed by atoms with Gasteiger partial charge in [-0.2, -0.15) is 18.3 Å². The number of nitrogens with one attached hydrogen (secondary N) is 3.